The maximum atomic E-state index is 11.8. The first kappa shape index (κ1) is 27.3. The number of esters is 1. The zero-order valence-corrected chi connectivity index (χ0v) is 23.3. The second kappa shape index (κ2) is 11.0. The monoisotopic (exact) mass is 491 g/mol. The summed E-state index contributed by atoms with van der Waals surface area (Å²) in [5, 5.41) is 11.5. The van der Waals surface area contributed by atoms with Crippen LogP contribution >= 0.6 is 0 Å². The van der Waals surface area contributed by atoms with Crippen LogP contribution in [0.1, 0.15) is 85.0 Å². The molecule has 0 aromatic carbocycles. The van der Waals surface area contributed by atoms with Gasteiger partial charge in [-0.15, -0.1) is 0 Å². The van der Waals surface area contributed by atoms with Crippen molar-refractivity contribution in [3.05, 3.63) is 0 Å². The highest BCUT2D eigenvalue weighted by atomic mass is 16.5. The summed E-state index contributed by atoms with van der Waals surface area (Å²) in [6, 6.07) is 0.460. The summed E-state index contributed by atoms with van der Waals surface area (Å²) in [5.41, 5.74) is 7.64. The molecule has 35 heavy (non-hydrogen) atoms. The maximum absolute atomic E-state index is 11.8. The summed E-state index contributed by atoms with van der Waals surface area (Å²) < 4.78 is 4.91. The Morgan fingerprint density at radius 1 is 1.06 bits per heavy atom. The third-order valence-corrected chi connectivity index (χ3v) is 11.5. The normalized spacial score (nSPS) is 43.8. The second-order valence-electron chi connectivity index (χ2n) is 13.5. The summed E-state index contributed by atoms with van der Waals surface area (Å²) in [6.45, 7) is 9.41. The molecule has 4 aliphatic rings. The number of nitrogens with zero attached hydrogens (tertiary/aromatic N) is 1. The lowest BCUT2D eigenvalue weighted by atomic mass is 9.43. The molecule has 0 amide bonds. The molecular weight excluding hydrogens is 438 g/mol. The number of methoxy groups -OCH3 is 1. The number of carbonyl (C=O) groups is 1. The van der Waals surface area contributed by atoms with Crippen LogP contribution in [0.2, 0.25) is 0 Å². The van der Waals surface area contributed by atoms with Gasteiger partial charge >= 0.3 is 5.97 Å². The van der Waals surface area contributed by atoms with E-state index in [0.717, 1.165) is 44.2 Å². The van der Waals surface area contributed by atoms with E-state index in [-0.39, 0.29) is 17.5 Å². The molecular formula is C29H53N3O3. The molecule has 3 N–H and O–H groups in total. The van der Waals surface area contributed by atoms with Gasteiger partial charge in [-0.3, -0.25) is 15.6 Å². The van der Waals surface area contributed by atoms with Crippen LogP contribution < -0.4 is 10.9 Å². The third-order valence-electron chi connectivity index (χ3n) is 11.5. The molecule has 0 aromatic heterocycles. The Bertz CT molecular complexity index is 732. The number of fused-ring (bicyclic) bond motifs is 5. The van der Waals surface area contributed by atoms with Gasteiger partial charge < -0.3 is 14.7 Å². The Kier molecular flexibility index (Phi) is 8.57. The summed E-state index contributed by atoms with van der Waals surface area (Å²) in [4.78, 5) is 13.9. The fourth-order valence-corrected chi connectivity index (χ4v) is 9.55. The zero-order valence-electron chi connectivity index (χ0n) is 23.3. The highest BCUT2D eigenvalue weighted by Crippen LogP contribution is 2.68. The number of ether oxygens (including phenoxy) is 1. The van der Waals surface area contributed by atoms with Gasteiger partial charge in [0, 0.05) is 25.6 Å². The lowest BCUT2D eigenvalue weighted by molar-refractivity contribution is -0.163. The van der Waals surface area contributed by atoms with Gasteiger partial charge in [0.25, 0.3) is 0 Å². The summed E-state index contributed by atoms with van der Waals surface area (Å²) in [6.07, 6.45) is 11.0. The number of likely N-dealkylation sites (N-methyl/N-ethyl adjacent to an activating group) is 1. The first-order chi connectivity index (χ1) is 16.6. The number of aliphatic hydroxyl groups is 1. The third kappa shape index (κ3) is 5.32. The minimum atomic E-state index is -0.175. The Morgan fingerprint density at radius 3 is 2.49 bits per heavy atom. The van der Waals surface area contributed by atoms with E-state index in [1.807, 2.05) is 0 Å². The lowest BCUT2D eigenvalue weighted by Crippen LogP contribution is -2.60. The molecule has 4 saturated carbocycles. The largest absolute Gasteiger partial charge is 0.469 e. The van der Waals surface area contributed by atoms with E-state index in [2.05, 4.69) is 50.6 Å². The van der Waals surface area contributed by atoms with Crippen molar-refractivity contribution in [3.8, 4) is 0 Å². The molecule has 0 radical (unpaired) electrons. The van der Waals surface area contributed by atoms with E-state index in [0.29, 0.717) is 41.5 Å². The average molecular weight is 492 g/mol. The van der Waals surface area contributed by atoms with E-state index in [9.17, 15) is 9.90 Å². The predicted molar refractivity (Wildman–Crippen MR) is 141 cm³/mol. The quantitative estimate of drug-likeness (QED) is 0.255. The molecule has 6 heteroatoms. The fraction of sp³-hybridized carbons (Fsp3) is 0.966. The highest BCUT2D eigenvalue weighted by molar-refractivity contribution is 5.69. The lowest BCUT2D eigenvalue weighted by Gasteiger charge is -2.62. The molecule has 4 rings (SSSR count). The molecule has 0 aliphatic heterocycles. The number of hydrazine groups is 1. The van der Waals surface area contributed by atoms with Gasteiger partial charge in [0.15, 0.2) is 0 Å². The molecule has 6 nitrogen and oxygen atoms in total. The van der Waals surface area contributed by atoms with Gasteiger partial charge in [0.1, 0.15) is 0 Å². The minimum absolute atomic E-state index is 0.0763. The number of carbonyl (C=O) groups excluding carboxylic acids is 1. The molecule has 10 atom stereocenters. The van der Waals surface area contributed by atoms with Gasteiger partial charge in [0.05, 0.1) is 13.2 Å². The predicted octanol–water partition coefficient (Wildman–Crippen LogP) is 4.23. The topological polar surface area (TPSA) is 73.8 Å². The Morgan fingerprint density at radius 2 is 1.77 bits per heavy atom. The van der Waals surface area contributed by atoms with Gasteiger partial charge in [0.2, 0.25) is 0 Å². The van der Waals surface area contributed by atoms with E-state index < -0.39 is 0 Å². The van der Waals surface area contributed by atoms with Crippen LogP contribution in [0.25, 0.3) is 0 Å². The van der Waals surface area contributed by atoms with Crippen LogP contribution in [0.4, 0.5) is 0 Å². The van der Waals surface area contributed by atoms with Crippen molar-refractivity contribution in [2.45, 2.75) is 97.1 Å². The molecule has 0 spiro atoms. The molecule has 4 aliphatic carbocycles. The van der Waals surface area contributed by atoms with Gasteiger partial charge in [-0.1, -0.05) is 20.8 Å². The molecule has 0 aromatic rings. The average Bonchev–Trinajstić information content (AvgIpc) is 3.18. The first-order valence-corrected chi connectivity index (χ1v) is 14.5. The number of rotatable bonds is 9. The van der Waals surface area contributed by atoms with Gasteiger partial charge in [-0.25, -0.2) is 0 Å². The minimum Gasteiger partial charge on any atom is -0.469 e. The standard InChI is InChI=1S/C29H53N3O3/c1-19(7-10-27(34)35-6)22-8-9-23-21-18-26(33)25-17-20(31-30-15-16-32(4)5)11-13-29(25,3)24(21)12-14-28(22,23)2/h19-26,30-31,33H,7-18H2,1-6H3. The van der Waals surface area contributed by atoms with Crippen LogP contribution in [0.15, 0.2) is 0 Å². The second-order valence-corrected chi connectivity index (χ2v) is 13.5. The van der Waals surface area contributed by atoms with E-state index in [1.54, 1.807) is 0 Å². The van der Waals surface area contributed by atoms with Gasteiger partial charge in [-0.2, -0.15) is 0 Å². The van der Waals surface area contributed by atoms with E-state index in [4.69, 9.17) is 4.74 Å². The number of aliphatic hydroxyl groups excluding tert-OH is 1. The Balaban J connectivity index is 1.40. The first-order valence-electron chi connectivity index (χ1n) is 14.5. The summed E-state index contributed by atoms with van der Waals surface area (Å²) in [7, 11) is 5.70. The molecule has 202 valence electrons. The zero-order chi connectivity index (χ0) is 25.4. The maximum Gasteiger partial charge on any atom is 0.305 e. The number of hydrogen-bond donors (Lipinski definition) is 3. The van der Waals surface area contributed by atoms with Crippen molar-refractivity contribution in [1.29, 1.82) is 0 Å². The van der Waals surface area contributed by atoms with Crippen LogP contribution in [0.5, 0.6) is 0 Å². The number of nitrogens with one attached hydrogen (secondary N) is 2. The Hall–Kier alpha value is -0.690. The molecule has 0 heterocycles. The van der Waals surface area contributed by atoms with Crippen molar-refractivity contribution < 1.29 is 14.6 Å². The van der Waals surface area contributed by atoms with Crippen LogP contribution in [0, 0.1) is 46.3 Å². The van der Waals surface area contributed by atoms with Crippen molar-refractivity contribution in [1.82, 2.24) is 15.8 Å². The SMILES string of the molecule is COC(=O)CCC(C)C1CCC2C3CC(O)C4CC(NNCCN(C)C)CCC4(C)C3CCC12C. The van der Waals surface area contributed by atoms with Crippen molar-refractivity contribution in [2.75, 3.05) is 34.3 Å². The number of hydrogen-bond acceptors (Lipinski definition) is 6. The molecule has 0 bridgehead atoms. The summed E-state index contributed by atoms with van der Waals surface area (Å²) in [5.74, 6) is 3.71. The highest BCUT2D eigenvalue weighted by Gasteiger charge is 2.62. The molecule has 0 saturated heterocycles. The van der Waals surface area contributed by atoms with Crippen molar-refractivity contribution in [2.24, 2.45) is 46.3 Å². The fourth-order valence-electron chi connectivity index (χ4n) is 9.55. The van der Waals surface area contributed by atoms with E-state index >= 15 is 0 Å². The van der Waals surface area contributed by atoms with Gasteiger partial charge in [-0.05, 0) is 118 Å². The summed E-state index contributed by atoms with van der Waals surface area (Å²) >= 11 is 0. The van der Waals surface area contributed by atoms with Crippen molar-refractivity contribution in [3.63, 3.8) is 0 Å². The Labute approximate surface area is 214 Å². The van der Waals surface area contributed by atoms with Crippen LogP contribution in [-0.2, 0) is 9.53 Å². The molecule has 4 fully saturated rings. The smallest absolute Gasteiger partial charge is 0.305 e. The van der Waals surface area contributed by atoms with Crippen molar-refractivity contribution >= 4 is 5.97 Å². The van der Waals surface area contributed by atoms with Crippen LogP contribution in [-0.4, -0.2) is 62.4 Å². The van der Waals surface area contributed by atoms with E-state index in [1.165, 1.54) is 45.6 Å². The van der Waals surface area contributed by atoms with Crippen LogP contribution in [0.3, 0.4) is 0 Å². The molecule has 10 unspecified atom stereocenters.